The molecule has 0 heterocycles. The second-order valence-corrected chi connectivity index (χ2v) is 7.02. The molecule has 0 aliphatic rings. The molecule has 0 bridgehead atoms. The highest BCUT2D eigenvalue weighted by Crippen LogP contribution is 2.24. The monoisotopic (exact) mass is 328 g/mol. The molecule has 2 aromatic carbocycles. The molecule has 2 rings (SSSR count). The second-order valence-electron chi connectivity index (χ2n) is 4.57. The van der Waals surface area contributed by atoms with Crippen molar-refractivity contribution < 1.29 is 12.8 Å². The van der Waals surface area contributed by atoms with Gasteiger partial charge < -0.3 is 5.73 Å². The third-order valence-corrected chi connectivity index (χ3v) is 5.09. The molecule has 0 aromatic heterocycles. The van der Waals surface area contributed by atoms with Crippen molar-refractivity contribution in [2.24, 2.45) is 0 Å². The molecular formula is C14H14ClFN2O2S. The van der Waals surface area contributed by atoms with Crippen LogP contribution < -0.4 is 5.73 Å². The van der Waals surface area contributed by atoms with Crippen LogP contribution in [0.3, 0.4) is 0 Å². The molecule has 7 heteroatoms. The van der Waals surface area contributed by atoms with Crippen LogP contribution in [0.25, 0.3) is 0 Å². The van der Waals surface area contributed by atoms with Gasteiger partial charge >= 0.3 is 0 Å². The van der Waals surface area contributed by atoms with Gasteiger partial charge in [0.25, 0.3) is 0 Å². The average Bonchev–Trinajstić information content (AvgIpc) is 2.43. The summed E-state index contributed by atoms with van der Waals surface area (Å²) in [6.07, 6.45) is 0. The highest BCUT2D eigenvalue weighted by Gasteiger charge is 2.24. The smallest absolute Gasteiger partial charge is 0.245 e. The maximum absolute atomic E-state index is 13.3. The lowest BCUT2D eigenvalue weighted by molar-refractivity contribution is 0.466. The lowest BCUT2D eigenvalue weighted by Crippen LogP contribution is -2.27. The largest absolute Gasteiger partial charge is 0.398 e. The van der Waals surface area contributed by atoms with Crippen LogP contribution >= 0.6 is 11.6 Å². The minimum Gasteiger partial charge on any atom is -0.398 e. The Labute approximate surface area is 128 Å². The Hall–Kier alpha value is -1.63. The number of nitrogen functional groups attached to an aromatic ring is 1. The van der Waals surface area contributed by atoms with Gasteiger partial charge in [0.15, 0.2) is 0 Å². The van der Waals surface area contributed by atoms with Gasteiger partial charge in [-0.05, 0) is 35.9 Å². The molecule has 21 heavy (non-hydrogen) atoms. The van der Waals surface area contributed by atoms with Crippen LogP contribution in [0, 0.1) is 5.82 Å². The fraction of sp³-hybridized carbons (Fsp3) is 0.143. The maximum Gasteiger partial charge on any atom is 0.245 e. The second kappa shape index (κ2) is 6.01. The number of anilines is 1. The van der Waals surface area contributed by atoms with Crippen molar-refractivity contribution in [2.45, 2.75) is 11.4 Å². The van der Waals surface area contributed by atoms with Crippen LogP contribution in [0.5, 0.6) is 0 Å². The predicted octanol–water partition coefficient (Wildman–Crippen LogP) is 2.88. The number of nitrogens with zero attached hydrogens (tertiary/aromatic N) is 1. The summed E-state index contributed by atoms with van der Waals surface area (Å²) in [5, 5.41) is 0.568. The predicted molar refractivity (Wildman–Crippen MR) is 80.9 cm³/mol. The van der Waals surface area contributed by atoms with Crippen molar-refractivity contribution in [3.05, 3.63) is 58.9 Å². The van der Waals surface area contributed by atoms with E-state index < -0.39 is 15.8 Å². The number of halogens is 2. The highest BCUT2D eigenvalue weighted by atomic mass is 35.5. The van der Waals surface area contributed by atoms with Gasteiger partial charge in [-0.3, -0.25) is 0 Å². The summed E-state index contributed by atoms with van der Waals surface area (Å²) >= 11 is 5.78. The van der Waals surface area contributed by atoms with Crippen molar-refractivity contribution in [3.63, 3.8) is 0 Å². The Bertz CT molecular complexity index is 748. The van der Waals surface area contributed by atoms with Crippen LogP contribution in [0.1, 0.15) is 5.56 Å². The Morgan fingerprint density at radius 1 is 1.19 bits per heavy atom. The summed E-state index contributed by atoms with van der Waals surface area (Å²) in [5.74, 6) is -0.650. The van der Waals surface area contributed by atoms with Gasteiger partial charge in [-0.2, -0.15) is 4.31 Å². The lowest BCUT2D eigenvalue weighted by atomic mass is 10.2. The Balaban J connectivity index is 2.30. The zero-order valence-electron chi connectivity index (χ0n) is 11.3. The van der Waals surface area contributed by atoms with E-state index in [0.29, 0.717) is 5.02 Å². The van der Waals surface area contributed by atoms with Gasteiger partial charge in [-0.25, -0.2) is 12.8 Å². The summed E-state index contributed by atoms with van der Waals surface area (Å²) in [4.78, 5) is -0.237. The first-order valence-corrected chi connectivity index (χ1v) is 7.88. The van der Waals surface area contributed by atoms with Crippen LogP contribution in [0.2, 0.25) is 5.02 Å². The van der Waals surface area contributed by atoms with E-state index in [1.54, 1.807) is 24.3 Å². The summed E-state index contributed by atoms with van der Waals surface area (Å²) in [6.45, 7) is 0.134. The minimum absolute atomic E-state index is 0.0133. The van der Waals surface area contributed by atoms with Crippen molar-refractivity contribution in [2.75, 3.05) is 12.8 Å². The fourth-order valence-corrected chi connectivity index (χ4v) is 3.24. The standard InChI is InChI=1S/C14H14ClFN2O2S/c1-18(9-10-2-4-11(15)5-3-10)21(19,20)14-8-12(16)6-7-13(14)17/h2-8H,9,17H2,1H3. The van der Waals surface area contributed by atoms with Crippen LogP contribution in [-0.2, 0) is 16.6 Å². The lowest BCUT2D eigenvalue weighted by Gasteiger charge is -2.18. The van der Waals surface area contributed by atoms with E-state index in [-0.39, 0.29) is 17.1 Å². The van der Waals surface area contributed by atoms with Crippen molar-refractivity contribution in [1.29, 1.82) is 0 Å². The summed E-state index contributed by atoms with van der Waals surface area (Å²) in [6, 6.07) is 10.1. The number of hydrogen-bond donors (Lipinski definition) is 1. The quantitative estimate of drug-likeness (QED) is 0.878. The van der Waals surface area contributed by atoms with E-state index in [9.17, 15) is 12.8 Å². The van der Waals surface area contributed by atoms with Crippen molar-refractivity contribution >= 4 is 27.3 Å². The molecule has 0 saturated carbocycles. The molecule has 0 radical (unpaired) electrons. The van der Waals surface area contributed by atoms with Crippen LogP contribution in [-0.4, -0.2) is 19.8 Å². The first-order valence-electron chi connectivity index (χ1n) is 6.06. The van der Waals surface area contributed by atoms with E-state index >= 15 is 0 Å². The van der Waals surface area contributed by atoms with Gasteiger partial charge in [0, 0.05) is 18.6 Å². The average molecular weight is 329 g/mol. The molecule has 0 fully saturated rings. The Kier molecular flexibility index (Phi) is 4.51. The zero-order chi connectivity index (χ0) is 15.6. The van der Waals surface area contributed by atoms with Gasteiger partial charge in [-0.15, -0.1) is 0 Å². The van der Waals surface area contributed by atoms with Gasteiger partial charge in [0.2, 0.25) is 10.0 Å². The maximum atomic E-state index is 13.3. The normalized spacial score (nSPS) is 11.8. The molecular weight excluding hydrogens is 315 g/mol. The van der Waals surface area contributed by atoms with E-state index in [1.807, 2.05) is 0 Å². The summed E-state index contributed by atoms with van der Waals surface area (Å²) < 4.78 is 39.2. The molecule has 0 saturated heterocycles. The first kappa shape index (κ1) is 15.8. The number of hydrogen-bond acceptors (Lipinski definition) is 3. The van der Waals surface area contributed by atoms with Gasteiger partial charge in [-0.1, -0.05) is 23.7 Å². The number of rotatable bonds is 4. The fourth-order valence-electron chi connectivity index (χ4n) is 1.83. The van der Waals surface area contributed by atoms with Crippen LogP contribution in [0.15, 0.2) is 47.4 Å². The molecule has 0 unspecified atom stereocenters. The van der Waals surface area contributed by atoms with E-state index in [0.717, 1.165) is 22.0 Å². The molecule has 112 valence electrons. The van der Waals surface area contributed by atoms with Crippen molar-refractivity contribution in [1.82, 2.24) is 4.31 Å². The zero-order valence-corrected chi connectivity index (χ0v) is 12.8. The Morgan fingerprint density at radius 3 is 2.43 bits per heavy atom. The summed E-state index contributed by atoms with van der Waals surface area (Å²) in [7, 11) is -2.45. The molecule has 2 N–H and O–H groups in total. The molecule has 0 aliphatic carbocycles. The molecule has 2 aromatic rings. The number of nitrogens with two attached hydrogens (primary N) is 1. The van der Waals surface area contributed by atoms with E-state index in [1.165, 1.54) is 13.1 Å². The van der Waals surface area contributed by atoms with Crippen LogP contribution in [0.4, 0.5) is 10.1 Å². The number of sulfonamides is 1. The first-order chi connectivity index (χ1) is 9.80. The SMILES string of the molecule is CN(Cc1ccc(Cl)cc1)S(=O)(=O)c1cc(F)ccc1N. The molecule has 0 atom stereocenters. The third-order valence-electron chi connectivity index (χ3n) is 2.98. The molecule has 0 amide bonds. The van der Waals surface area contributed by atoms with E-state index in [4.69, 9.17) is 17.3 Å². The Morgan fingerprint density at radius 2 is 1.81 bits per heavy atom. The molecule has 4 nitrogen and oxygen atoms in total. The van der Waals surface area contributed by atoms with Gasteiger partial charge in [0.05, 0.1) is 5.69 Å². The molecule has 0 spiro atoms. The minimum atomic E-state index is -3.87. The van der Waals surface area contributed by atoms with Gasteiger partial charge in [0.1, 0.15) is 10.7 Å². The third kappa shape index (κ3) is 3.53. The van der Waals surface area contributed by atoms with Crippen molar-refractivity contribution in [3.8, 4) is 0 Å². The molecule has 0 aliphatic heterocycles. The topological polar surface area (TPSA) is 63.4 Å². The van der Waals surface area contributed by atoms with E-state index in [2.05, 4.69) is 0 Å². The highest BCUT2D eigenvalue weighted by molar-refractivity contribution is 7.89. The number of benzene rings is 2. The summed E-state index contributed by atoms with van der Waals surface area (Å²) in [5.41, 5.74) is 6.41.